The third-order valence-electron chi connectivity index (χ3n) is 12.8. The Labute approximate surface area is 405 Å². The average molecular weight is 933 g/mol. The normalized spacial score (nSPS) is 19.6. The number of allylic oxidation sites excluding steroid dienone is 8. The lowest BCUT2D eigenvalue weighted by Gasteiger charge is -2.39. The van der Waals surface area contributed by atoms with Crippen LogP contribution in [-0.4, -0.2) is 89.6 Å². The number of hydrogen-bond acceptors (Lipinski definition) is 9. The number of ether oxygens (including phenoxy) is 4. The number of carbonyl (C=O) groups excluding carboxylic acids is 1. The van der Waals surface area contributed by atoms with Gasteiger partial charge in [0.15, 0.2) is 6.29 Å². The van der Waals surface area contributed by atoms with E-state index in [9.17, 15) is 25.2 Å². The van der Waals surface area contributed by atoms with Gasteiger partial charge in [-0.1, -0.05) is 236 Å². The minimum absolute atomic E-state index is 0.111. The lowest BCUT2D eigenvalue weighted by atomic mass is 9.99. The van der Waals surface area contributed by atoms with Crippen LogP contribution in [0.3, 0.4) is 0 Å². The Balaban J connectivity index is 2.14. The molecule has 1 heterocycles. The van der Waals surface area contributed by atoms with Crippen molar-refractivity contribution in [3.05, 3.63) is 48.6 Å². The minimum Gasteiger partial charge on any atom is -0.457 e. The van der Waals surface area contributed by atoms with Crippen molar-refractivity contribution in [1.29, 1.82) is 0 Å². The van der Waals surface area contributed by atoms with Crippen molar-refractivity contribution in [2.75, 3.05) is 26.4 Å². The van der Waals surface area contributed by atoms with Gasteiger partial charge in [0.1, 0.15) is 30.5 Å². The highest BCUT2D eigenvalue weighted by Gasteiger charge is 2.44. The van der Waals surface area contributed by atoms with Crippen LogP contribution >= 0.6 is 0 Å². The van der Waals surface area contributed by atoms with Gasteiger partial charge in [-0.15, -0.1) is 0 Å². The molecule has 1 aliphatic rings. The molecule has 0 aromatic heterocycles. The predicted molar refractivity (Wildman–Crippen MR) is 275 cm³/mol. The number of unbranched alkanes of at least 4 members (excludes halogenated alkanes) is 29. The van der Waals surface area contributed by atoms with Crippen LogP contribution in [-0.2, 0) is 23.7 Å². The van der Waals surface area contributed by atoms with Gasteiger partial charge in [0, 0.05) is 13.0 Å². The van der Waals surface area contributed by atoms with Crippen molar-refractivity contribution in [3.8, 4) is 0 Å². The molecular weight excluding hydrogens is 829 g/mol. The molecule has 9 heteroatoms. The quantitative estimate of drug-likeness (QED) is 0.0267. The van der Waals surface area contributed by atoms with Crippen molar-refractivity contribution >= 4 is 5.97 Å². The van der Waals surface area contributed by atoms with Crippen LogP contribution < -0.4 is 0 Å². The van der Waals surface area contributed by atoms with Crippen molar-refractivity contribution in [2.24, 2.45) is 0 Å². The Bertz CT molecular complexity index is 1150. The minimum atomic E-state index is -1.54. The molecule has 1 rings (SSSR count). The number of aliphatic hydroxyl groups is 4. The molecule has 0 aromatic rings. The van der Waals surface area contributed by atoms with Crippen LogP contribution in [0.25, 0.3) is 0 Å². The first-order valence-corrected chi connectivity index (χ1v) is 27.7. The molecule has 386 valence electrons. The lowest BCUT2D eigenvalue weighted by molar-refractivity contribution is -0.305. The average Bonchev–Trinajstić information content (AvgIpc) is 3.32. The zero-order valence-corrected chi connectivity index (χ0v) is 42.7. The van der Waals surface area contributed by atoms with E-state index >= 15 is 0 Å². The monoisotopic (exact) mass is 933 g/mol. The zero-order chi connectivity index (χ0) is 47.8. The van der Waals surface area contributed by atoms with Crippen LogP contribution in [0.1, 0.15) is 245 Å². The molecule has 1 saturated heterocycles. The van der Waals surface area contributed by atoms with Crippen LogP contribution in [0, 0.1) is 0 Å². The lowest BCUT2D eigenvalue weighted by Crippen LogP contribution is -2.59. The van der Waals surface area contributed by atoms with E-state index < -0.39 is 43.4 Å². The van der Waals surface area contributed by atoms with Crippen LogP contribution in [0.5, 0.6) is 0 Å². The summed E-state index contributed by atoms with van der Waals surface area (Å²) < 4.78 is 23.0. The van der Waals surface area contributed by atoms with E-state index in [1.54, 1.807) is 0 Å². The molecular formula is C57H104O9. The van der Waals surface area contributed by atoms with Gasteiger partial charge >= 0.3 is 5.97 Å². The van der Waals surface area contributed by atoms with Gasteiger partial charge in [-0.2, -0.15) is 0 Å². The molecule has 9 nitrogen and oxygen atoms in total. The Morgan fingerprint density at radius 1 is 0.500 bits per heavy atom. The van der Waals surface area contributed by atoms with E-state index in [0.717, 1.165) is 57.8 Å². The highest BCUT2D eigenvalue weighted by atomic mass is 16.7. The van der Waals surface area contributed by atoms with Crippen molar-refractivity contribution in [1.82, 2.24) is 0 Å². The Morgan fingerprint density at radius 3 is 1.39 bits per heavy atom. The molecule has 66 heavy (non-hydrogen) atoms. The molecule has 0 bridgehead atoms. The molecule has 0 radical (unpaired) electrons. The second-order valence-electron chi connectivity index (χ2n) is 19.0. The highest BCUT2D eigenvalue weighted by Crippen LogP contribution is 2.23. The Morgan fingerprint density at radius 2 is 0.924 bits per heavy atom. The van der Waals surface area contributed by atoms with E-state index in [-0.39, 0.29) is 19.2 Å². The van der Waals surface area contributed by atoms with Crippen LogP contribution in [0.15, 0.2) is 48.6 Å². The summed E-state index contributed by atoms with van der Waals surface area (Å²) in [6.07, 6.45) is 54.4. The number of rotatable bonds is 48. The number of esters is 1. The molecule has 4 N–H and O–H groups in total. The molecule has 1 aliphatic heterocycles. The van der Waals surface area contributed by atoms with Crippen molar-refractivity contribution < 1.29 is 44.2 Å². The summed E-state index contributed by atoms with van der Waals surface area (Å²) in [5, 5.41) is 40.3. The van der Waals surface area contributed by atoms with Crippen molar-refractivity contribution in [2.45, 2.75) is 282 Å². The molecule has 0 saturated carbocycles. The second-order valence-corrected chi connectivity index (χ2v) is 19.0. The van der Waals surface area contributed by atoms with Crippen LogP contribution in [0.2, 0.25) is 0 Å². The fourth-order valence-corrected chi connectivity index (χ4v) is 8.49. The third kappa shape index (κ3) is 38.1. The summed E-state index contributed by atoms with van der Waals surface area (Å²) in [6, 6.07) is 0. The summed E-state index contributed by atoms with van der Waals surface area (Å²) in [6.45, 7) is 4.48. The third-order valence-corrected chi connectivity index (χ3v) is 12.8. The molecule has 1 fully saturated rings. The van der Waals surface area contributed by atoms with Gasteiger partial charge in [0.25, 0.3) is 0 Å². The highest BCUT2D eigenvalue weighted by molar-refractivity contribution is 5.69. The molecule has 0 aromatic carbocycles. The summed E-state index contributed by atoms with van der Waals surface area (Å²) in [5.41, 5.74) is 0. The van der Waals surface area contributed by atoms with Gasteiger partial charge in [-0.3, -0.25) is 4.79 Å². The molecule has 0 spiro atoms. The van der Waals surface area contributed by atoms with E-state index in [1.807, 2.05) is 0 Å². The van der Waals surface area contributed by atoms with Gasteiger partial charge in [0.05, 0.1) is 19.8 Å². The first-order chi connectivity index (χ1) is 32.4. The van der Waals surface area contributed by atoms with Gasteiger partial charge < -0.3 is 39.4 Å². The van der Waals surface area contributed by atoms with Gasteiger partial charge in [-0.25, -0.2) is 0 Å². The topological polar surface area (TPSA) is 135 Å². The van der Waals surface area contributed by atoms with Gasteiger partial charge in [-0.05, 0) is 51.4 Å². The molecule has 6 atom stereocenters. The molecule has 6 unspecified atom stereocenters. The van der Waals surface area contributed by atoms with Crippen LogP contribution in [0.4, 0.5) is 0 Å². The molecule has 0 aliphatic carbocycles. The number of aliphatic hydroxyl groups excluding tert-OH is 4. The summed E-state index contributed by atoms with van der Waals surface area (Å²) in [5.74, 6) is -0.310. The largest absolute Gasteiger partial charge is 0.457 e. The van der Waals surface area contributed by atoms with Crippen molar-refractivity contribution in [3.63, 3.8) is 0 Å². The zero-order valence-electron chi connectivity index (χ0n) is 42.7. The van der Waals surface area contributed by atoms with E-state index in [1.165, 1.54) is 167 Å². The van der Waals surface area contributed by atoms with Gasteiger partial charge in [0.2, 0.25) is 0 Å². The standard InChI is InChI=1S/C57H104O9/c1-3-5-7-9-11-13-15-17-19-21-22-23-24-25-26-27-28-29-31-33-35-37-39-41-43-45-47-63-49-51(50-64-57-56(62)55(61)54(60)52(48-58)66-57)65-53(59)46-44-42-40-38-36-34-32-30-20-18-16-14-12-10-8-6-4-2/h5,7,11,13,17,19,22-23,51-52,54-58,60-62H,3-4,6,8-10,12,14-16,18,20-21,24-50H2,1-2H3/b7-5-,13-11-,19-17-,23-22-. The SMILES string of the molecule is CC/C=C\C/C=C\C/C=C\C/C=C\CCCCCCCCCCCCCCCOCC(COC1OC(CO)C(O)C(O)C1O)OC(=O)CCCCCCCCCCCCCCCCCCC. The molecule has 0 amide bonds. The smallest absolute Gasteiger partial charge is 0.306 e. The van der Waals surface area contributed by atoms with E-state index in [2.05, 4.69) is 62.5 Å². The van der Waals surface area contributed by atoms with E-state index in [4.69, 9.17) is 18.9 Å². The summed E-state index contributed by atoms with van der Waals surface area (Å²) >= 11 is 0. The summed E-state index contributed by atoms with van der Waals surface area (Å²) in [4.78, 5) is 12.9. The second kappa shape index (κ2) is 48.2. The maximum atomic E-state index is 12.9. The maximum absolute atomic E-state index is 12.9. The fraction of sp³-hybridized carbons (Fsp3) is 0.842. The first kappa shape index (κ1) is 62.2. The Hall–Kier alpha value is -1.85. The summed E-state index contributed by atoms with van der Waals surface area (Å²) in [7, 11) is 0. The fourth-order valence-electron chi connectivity index (χ4n) is 8.49. The number of hydrogen-bond donors (Lipinski definition) is 4. The predicted octanol–water partition coefficient (Wildman–Crippen LogP) is 14.0. The van der Waals surface area contributed by atoms with E-state index in [0.29, 0.717) is 13.0 Å². The maximum Gasteiger partial charge on any atom is 0.306 e. The number of carbonyl (C=O) groups is 1. The first-order valence-electron chi connectivity index (χ1n) is 27.7. The Kier molecular flexibility index (Phi) is 45.4.